The highest BCUT2D eigenvalue weighted by Crippen LogP contribution is 2.11. The van der Waals surface area contributed by atoms with Crippen molar-refractivity contribution in [1.82, 2.24) is 15.1 Å². The Kier molecular flexibility index (Phi) is 3.54. The first-order valence-electron chi connectivity index (χ1n) is 5.69. The number of para-hydroxylation sites is 1. The van der Waals surface area contributed by atoms with E-state index in [0.29, 0.717) is 18.3 Å². The standard InChI is InChI=1S/C13H16FN3/c1-10(2)15-9-11-7-8-17(16-11)13-6-4-3-5-12(13)14/h3-8,10,15H,9H2,1-2H3. The summed E-state index contributed by atoms with van der Waals surface area (Å²) in [6.45, 7) is 4.85. The van der Waals surface area contributed by atoms with Crippen LogP contribution in [0.25, 0.3) is 5.69 Å². The molecular weight excluding hydrogens is 217 g/mol. The monoisotopic (exact) mass is 233 g/mol. The molecule has 0 radical (unpaired) electrons. The van der Waals surface area contributed by atoms with Crippen LogP contribution in [0.5, 0.6) is 0 Å². The van der Waals surface area contributed by atoms with Gasteiger partial charge in [-0.3, -0.25) is 0 Å². The second-order valence-corrected chi connectivity index (χ2v) is 4.24. The predicted molar refractivity (Wildman–Crippen MR) is 65.5 cm³/mol. The van der Waals surface area contributed by atoms with Gasteiger partial charge in [-0.15, -0.1) is 0 Å². The van der Waals surface area contributed by atoms with Crippen molar-refractivity contribution in [2.24, 2.45) is 0 Å². The molecule has 0 aliphatic rings. The number of nitrogens with zero attached hydrogens (tertiary/aromatic N) is 2. The molecule has 1 heterocycles. The fourth-order valence-electron chi connectivity index (χ4n) is 1.54. The van der Waals surface area contributed by atoms with Crippen LogP contribution in [0.15, 0.2) is 36.5 Å². The average Bonchev–Trinajstić information content (AvgIpc) is 2.75. The van der Waals surface area contributed by atoms with E-state index in [9.17, 15) is 4.39 Å². The van der Waals surface area contributed by atoms with Crippen LogP contribution in [0.2, 0.25) is 0 Å². The van der Waals surface area contributed by atoms with E-state index in [4.69, 9.17) is 0 Å². The summed E-state index contributed by atoms with van der Waals surface area (Å²) in [6.07, 6.45) is 1.77. The predicted octanol–water partition coefficient (Wildman–Crippen LogP) is 2.51. The maximum Gasteiger partial charge on any atom is 0.148 e. The van der Waals surface area contributed by atoms with Gasteiger partial charge in [-0.05, 0) is 18.2 Å². The molecule has 0 amide bonds. The summed E-state index contributed by atoms with van der Waals surface area (Å²) >= 11 is 0. The summed E-state index contributed by atoms with van der Waals surface area (Å²) < 4.78 is 15.1. The van der Waals surface area contributed by atoms with Gasteiger partial charge in [0.2, 0.25) is 0 Å². The van der Waals surface area contributed by atoms with Crippen molar-refractivity contribution in [2.75, 3.05) is 0 Å². The van der Waals surface area contributed by atoms with Crippen LogP contribution < -0.4 is 5.32 Å². The Morgan fingerprint density at radius 3 is 2.76 bits per heavy atom. The SMILES string of the molecule is CC(C)NCc1ccn(-c2ccccc2F)n1. The van der Waals surface area contributed by atoms with Gasteiger partial charge in [0.15, 0.2) is 0 Å². The van der Waals surface area contributed by atoms with E-state index in [1.165, 1.54) is 6.07 Å². The maximum absolute atomic E-state index is 13.5. The number of aromatic nitrogens is 2. The van der Waals surface area contributed by atoms with E-state index in [1.807, 2.05) is 6.07 Å². The Balaban J connectivity index is 2.16. The average molecular weight is 233 g/mol. The summed E-state index contributed by atoms with van der Waals surface area (Å²) in [7, 11) is 0. The molecule has 2 aromatic rings. The molecule has 2 rings (SSSR count). The summed E-state index contributed by atoms with van der Waals surface area (Å²) in [6, 6.07) is 8.91. The van der Waals surface area contributed by atoms with E-state index in [0.717, 1.165) is 5.69 Å². The van der Waals surface area contributed by atoms with Gasteiger partial charge in [0, 0.05) is 18.8 Å². The highest BCUT2D eigenvalue weighted by atomic mass is 19.1. The van der Waals surface area contributed by atoms with Crippen molar-refractivity contribution in [1.29, 1.82) is 0 Å². The van der Waals surface area contributed by atoms with Gasteiger partial charge >= 0.3 is 0 Å². The van der Waals surface area contributed by atoms with Crippen LogP contribution in [0, 0.1) is 5.82 Å². The van der Waals surface area contributed by atoms with E-state index in [-0.39, 0.29) is 5.82 Å². The molecule has 0 bridgehead atoms. The maximum atomic E-state index is 13.5. The lowest BCUT2D eigenvalue weighted by molar-refractivity contribution is 0.574. The first kappa shape index (κ1) is 11.8. The van der Waals surface area contributed by atoms with Gasteiger partial charge in [-0.25, -0.2) is 9.07 Å². The highest BCUT2D eigenvalue weighted by molar-refractivity contribution is 5.32. The Labute approximate surface area is 100 Å². The molecule has 0 atom stereocenters. The zero-order valence-electron chi connectivity index (χ0n) is 10.0. The van der Waals surface area contributed by atoms with Crippen LogP contribution in [-0.4, -0.2) is 15.8 Å². The molecule has 0 aliphatic heterocycles. The molecule has 0 saturated carbocycles. The Morgan fingerprint density at radius 1 is 1.29 bits per heavy atom. The Bertz CT molecular complexity index is 491. The first-order chi connectivity index (χ1) is 8.16. The lowest BCUT2D eigenvalue weighted by Crippen LogP contribution is -2.22. The van der Waals surface area contributed by atoms with Crippen LogP contribution in [0.1, 0.15) is 19.5 Å². The Morgan fingerprint density at radius 2 is 2.06 bits per heavy atom. The fraction of sp³-hybridized carbons (Fsp3) is 0.308. The molecule has 0 fully saturated rings. The molecule has 1 N–H and O–H groups in total. The molecule has 0 saturated heterocycles. The molecule has 3 nitrogen and oxygen atoms in total. The second-order valence-electron chi connectivity index (χ2n) is 4.24. The number of benzene rings is 1. The number of nitrogens with one attached hydrogen (secondary N) is 1. The quantitative estimate of drug-likeness (QED) is 0.879. The smallest absolute Gasteiger partial charge is 0.148 e. The molecule has 17 heavy (non-hydrogen) atoms. The third kappa shape index (κ3) is 2.91. The van der Waals surface area contributed by atoms with Crippen LogP contribution in [0.4, 0.5) is 4.39 Å². The molecule has 4 heteroatoms. The zero-order valence-corrected chi connectivity index (χ0v) is 10.0. The van der Waals surface area contributed by atoms with E-state index >= 15 is 0 Å². The zero-order chi connectivity index (χ0) is 12.3. The van der Waals surface area contributed by atoms with Crippen LogP contribution in [-0.2, 0) is 6.54 Å². The van der Waals surface area contributed by atoms with Crippen molar-refractivity contribution in [3.8, 4) is 5.69 Å². The topological polar surface area (TPSA) is 29.9 Å². The fourth-order valence-corrected chi connectivity index (χ4v) is 1.54. The van der Waals surface area contributed by atoms with E-state index in [2.05, 4.69) is 24.3 Å². The van der Waals surface area contributed by atoms with Gasteiger partial charge in [-0.2, -0.15) is 5.10 Å². The van der Waals surface area contributed by atoms with Crippen molar-refractivity contribution in [3.05, 3.63) is 48.0 Å². The van der Waals surface area contributed by atoms with Gasteiger partial charge in [-0.1, -0.05) is 26.0 Å². The number of halogens is 1. The number of hydrogen-bond acceptors (Lipinski definition) is 2. The largest absolute Gasteiger partial charge is 0.309 e. The van der Waals surface area contributed by atoms with Crippen molar-refractivity contribution in [2.45, 2.75) is 26.4 Å². The van der Waals surface area contributed by atoms with E-state index < -0.39 is 0 Å². The van der Waals surface area contributed by atoms with Gasteiger partial charge in [0.1, 0.15) is 11.5 Å². The third-order valence-electron chi connectivity index (χ3n) is 2.44. The lowest BCUT2D eigenvalue weighted by atomic mass is 10.3. The highest BCUT2D eigenvalue weighted by Gasteiger charge is 2.05. The Hall–Kier alpha value is -1.68. The van der Waals surface area contributed by atoms with Crippen LogP contribution in [0.3, 0.4) is 0 Å². The molecule has 1 aromatic heterocycles. The molecular formula is C13H16FN3. The van der Waals surface area contributed by atoms with Crippen molar-refractivity contribution in [3.63, 3.8) is 0 Å². The normalized spacial score (nSPS) is 11.1. The number of rotatable bonds is 4. The molecule has 0 unspecified atom stereocenters. The molecule has 90 valence electrons. The molecule has 1 aromatic carbocycles. The molecule has 0 spiro atoms. The van der Waals surface area contributed by atoms with Gasteiger partial charge in [0.25, 0.3) is 0 Å². The minimum atomic E-state index is -0.265. The summed E-state index contributed by atoms with van der Waals surface area (Å²) in [5, 5.41) is 7.60. The van der Waals surface area contributed by atoms with Gasteiger partial charge in [0.05, 0.1) is 5.69 Å². The second kappa shape index (κ2) is 5.10. The summed E-state index contributed by atoms with van der Waals surface area (Å²) in [5.74, 6) is -0.265. The summed E-state index contributed by atoms with van der Waals surface area (Å²) in [5.41, 5.74) is 1.38. The van der Waals surface area contributed by atoms with Gasteiger partial charge < -0.3 is 5.32 Å². The van der Waals surface area contributed by atoms with Crippen LogP contribution >= 0.6 is 0 Å². The third-order valence-corrected chi connectivity index (χ3v) is 2.44. The van der Waals surface area contributed by atoms with E-state index in [1.54, 1.807) is 29.1 Å². The minimum absolute atomic E-state index is 0.265. The number of hydrogen-bond donors (Lipinski definition) is 1. The minimum Gasteiger partial charge on any atom is -0.309 e. The van der Waals surface area contributed by atoms with Crippen molar-refractivity contribution < 1.29 is 4.39 Å². The molecule has 0 aliphatic carbocycles. The lowest BCUT2D eigenvalue weighted by Gasteiger charge is -2.05. The first-order valence-corrected chi connectivity index (χ1v) is 5.69. The summed E-state index contributed by atoms with van der Waals surface area (Å²) in [4.78, 5) is 0. The van der Waals surface area contributed by atoms with Crippen molar-refractivity contribution >= 4 is 0 Å².